The number of carbonyl (C=O) groups is 2. The van der Waals surface area contributed by atoms with E-state index >= 15 is 0 Å². The van der Waals surface area contributed by atoms with E-state index in [9.17, 15) is 9.59 Å². The molecular weight excluding hydrogens is 482 g/mol. The normalized spacial score (nSPS) is 14.5. The summed E-state index contributed by atoms with van der Waals surface area (Å²) in [6.45, 7) is 2.72. The molecule has 0 atom stereocenters. The Balaban J connectivity index is 1.45. The molecule has 6 nitrogen and oxygen atoms in total. The number of nitrogens with zero attached hydrogens (tertiary/aromatic N) is 1. The lowest BCUT2D eigenvalue weighted by atomic mass is 10.1. The number of aromatic carboxylic acids is 1. The zero-order valence-corrected chi connectivity index (χ0v) is 20.8. The SMILES string of the molecule is COc1cc(/C=C2\SC(=S)N(Cc3ccc(C)cc3)C2=O)ccc1OCc1ccc(C(=O)O)cc1. The van der Waals surface area contributed by atoms with Gasteiger partial charge in [0.05, 0.1) is 24.1 Å². The van der Waals surface area contributed by atoms with Gasteiger partial charge < -0.3 is 14.6 Å². The number of methoxy groups -OCH3 is 1. The highest BCUT2D eigenvalue weighted by Crippen LogP contribution is 2.35. The van der Waals surface area contributed by atoms with Gasteiger partial charge in [-0.25, -0.2) is 4.79 Å². The summed E-state index contributed by atoms with van der Waals surface area (Å²) in [4.78, 5) is 26.2. The van der Waals surface area contributed by atoms with Gasteiger partial charge in [-0.2, -0.15) is 0 Å². The number of thiocarbonyl (C=S) groups is 1. The van der Waals surface area contributed by atoms with Crippen molar-refractivity contribution in [1.82, 2.24) is 4.90 Å². The summed E-state index contributed by atoms with van der Waals surface area (Å²) < 4.78 is 11.9. The third-order valence-corrected chi connectivity index (χ3v) is 6.79. The van der Waals surface area contributed by atoms with Gasteiger partial charge in [0, 0.05) is 0 Å². The predicted octanol–water partition coefficient (Wildman–Crippen LogP) is 5.68. The molecule has 1 heterocycles. The molecule has 0 unspecified atom stereocenters. The molecule has 0 spiro atoms. The number of benzene rings is 3. The number of aryl methyl sites for hydroxylation is 1. The number of amides is 1. The Morgan fingerprint density at radius 2 is 1.71 bits per heavy atom. The van der Waals surface area contributed by atoms with Crippen molar-refractivity contribution in [2.75, 3.05) is 7.11 Å². The molecule has 4 rings (SSSR count). The fourth-order valence-electron chi connectivity index (χ4n) is 3.46. The zero-order valence-electron chi connectivity index (χ0n) is 19.2. The number of carboxylic acids is 1. The number of hydrogen-bond acceptors (Lipinski definition) is 6. The van der Waals surface area contributed by atoms with Crippen molar-refractivity contribution in [3.63, 3.8) is 0 Å². The molecule has 1 saturated heterocycles. The van der Waals surface area contributed by atoms with E-state index in [1.54, 1.807) is 42.4 Å². The predicted molar refractivity (Wildman–Crippen MR) is 141 cm³/mol. The van der Waals surface area contributed by atoms with E-state index in [4.69, 9.17) is 26.8 Å². The Labute approximate surface area is 213 Å². The number of thioether (sulfide) groups is 1. The van der Waals surface area contributed by atoms with Gasteiger partial charge in [0.2, 0.25) is 0 Å². The van der Waals surface area contributed by atoms with Crippen LogP contribution in [0.2, 0.25) is 0 Å². The summed E-state index contributed by atoms with van der Waals surface area (Å²) in [5, 5.41) is 9.02. The lowest BCUT2D eigenvalue weighted by Crippen LogP contribution is -2.27. The van der Waals surface area contributed by atoms with Crippen molar-refractivity contribution in [1.29, 1.82) is 0 Å². The largest absolute Gasteiger partial charge is 0.493 e. The Kier molecular flexibility index (Phi) is 7.53. The van der Waals surface area contributed by atoms with Crippen molar-refractivity contribution < 1.29 is 24.2 Å². The first-order valence-corrected chi connectivity index (χ1v) is 12.0. The minimum atomic E-state index is -0.971. The lowest BCUT2D eigenvalue weighted by Gasteiger charge is -2.14. The Morgan fingerprint density at radius 3 is 2.37 bits per heavy atom. The second-order valence-corrected chi connectivity index (χ2v) is 9.63. The first-order chi connectivity index (χ1) is 16.8. The van der Waals surface area contributed by atoms with E-state index in [1.807, 2.05) is 37.3 Å². The number of carboxylic acid groups (broad SMARTS) is 1. The van der Waals surface area contributed by atoms with Crippen molar-refractivity contribution >= 4 is 46.3 Å². The third kappa shape index (κ3) is 5.90. The molecule has 35 heavy (non-hydrogen) atoms. The first-order valence-electron chi connectivity index (χ1n) is 10.8. The highest BCUT2D eigenvalue weighted by atomic mass is 32.2. The molecule has 178 valence electrons. The highest BCUT2D eigenvalue weighted by Gasteiger charge is 2.32. The molecule has 0 aliphatic carbocycles. The smallest absolute Gasteiger partial charge is 0.335 e. The molecule has 0 bridgehead atoms. The molecule has 1 fully saturated rings. The van der Waals surface area contributed by atoms with Gasteiger partial charge >= 0.3 is 5.97 Å². The second kappa shape index (κ2) is 10.8. The Bertz CT molecular complexity index is 1300. The lowest BCUT2D eigenvalue weighted by molar-refractivity contribution is -0.122. The minimum absolute atomic E-state index is 0.121. The summed E-state index contributed by atoms with van der Waals surface area (Å²) >= 11 is 6.74. The Morgan fingerprint density at radius 1 is 1.03 bits per heavy atom. The van der Waals surface area contributed by atoms with E-state index in [2.05, 4.69) is 0 Å². The summed E-state index contributed by atoms with van der Waals surface area (Å²) in [5.41, 5.74) is 4.03. The third-order valence-electron chi connectivity index (χ3n) is 5.42. The van der Waals surface area contributed by atoms with Crippen molar-refractivity contribution in [3.8, 4) is 11.5 Å². The standard InChI is InChI=1S/C27H23NO5S2/c1-17-3-5-18(6-4-17)15-28-25(29)24(35-27(28)34)14-20-9-12-22(23(13-20)32-2)33-16-19-7-10-21(11-8-19)26(30)31/h3-14H,15-16H2,1-2H3,(H,30,31)/b24-14-. The fraction of sp³-hybridized carbons (Fsp3) is 0.148. The topological polar surface area (TPSA) is 76.1 Å². The molecule has 0 aromatic heterocycles. The summed E-state index contributed by atoms with van der Waals surface area (Å²) in [7, 11) is 1.55. The van der Waals surface area contributed by atoms with Gasteiger partial charge in [-0.3, -0.25) is 9.69 Å². The minimum Gasteiger partial charge on any atom is -0.493 e. The van der Waals surface area contributed by atoms with Crippen LogP contribution in [0.4, 0.5) is 0 Å². The maximum atomic E-state index is 13.0. The molecule has 0 saturated carbocycles. The fourth-order valence-corrected chi connectivity index (χ4v) is 4.72. The van der Waals surface area contributed by atoms with Crippen LogP contribution in [0.15, 0.2) is 71.6 Å². The molecule has 1 aliphatic rings. The van der Waals surface area contributed by atoms with Crippen LogP contribution in [0.5, 0.6) is 11.5 Å². The number of rotatable bonds is 8. The second-order valence-electron chi connectivity index (χ2n) is 7.95. The number of carbonyl (C=O) groups excluding carboxylic acids is 1. The van der Waals surface area contributed by atoms with E-state index in [1.165, 1.54) is 23.9 Å². The average molecular weight is 506 g/mol. The van der Waals surface area contributed by atoms with Gasteiger partial charge in [0.15, 0.2) is 11.5 Å². The van der Waals surface area contributed by atoms with Crippen molar-refractivity contribution in [2.24, 2.45) is 0 Å². The van der Waals surface area contributed by atoms with Crippen molar-refractivity contribution in [2.45, 2.75) is 20.1 Å². The van der Waals surface area contributed by atoms with Crippen molar-refractivity contribution in [3.05, 3.63) is 99.5 Å². The molecule has 1 N–H and O–H groups in total. The van der Waals surface area contributed by atoms with E-state index in [0.29, 0.717) is 27.3 Å². The van der Waals surface area contributed by atoms with Gasteiger partial charge in [-0.15, -0.1) is 0 Å². The number of ether oxygens (including phenoxy) is 2. The Hall–Kier alpha value is -3.62. The van der Waals surface area contributed by atoms with Gasteiger partial charge in [-0.05, 0) is 54.0 Å². The van der Waals surface area contributed by atoms with E-state index in [-0.39, 0.29) is 18.1 Å². The quantitative estimate of drug-likeness (QED) is 0.312. The van der Waals surface area contributed by atoms with Crippen LogP contribution < -0.4 is 9.47 Å². The maximum absolute atomic E-state index is 13.0. The van der Waals surface area contributed by atoms with Crippen LogP contribution in [0.1, 0.15) is 32.6 Å². The highest BCUT2D eigenvalue weighted by molar-refractivity contribution is 8.26. The maximum Gasteiger partial charge on any atom is 0.335 e. The van der Waals surface area contributed by atoms with E-state index < -0.39 is 5.97 Å². The molecule has 1 aliphatic heterocycles. The molecular formula is C27H23NO5S2. The van der Waals surface area contributed by atoms with Crippen LogP contribution in [0.3, 0.4) is 0 Å². The van der Waals surface area contributed by atoms with Crippen LogP contribution in [0, 0.1) is 6.92 Å². The zero-order chi connectivity index (χ0) is 24.9. The van der Waals surface area contributed by atoms with Gasteiger partial charge in [0.25, 0.3) is 5.91 Å². The summed E-state index contributed by atoms with van der Waals surface area (Å²) in [5.74, 6) is -0.0265. The number of hydrogen-bond donors (Lipinski definition) is 1. The van der Waals surface area contributed by atoms with Crippen LogP contribution >= 0.6 is 24.0 Å². The molecule has 3 aromatic carbocycles. The summed E-state index contributed by atoms with van der Waals surface area (Å²) in [6, 6.07) is 20.0. The molecule has 3 aromatic rings. The van der Waals surface area contributed by atoms with Crippen LogP contribution in [-0.2, 0) is 17.9 Å². The van der Waals surface area contributed by atoms with Gasteiger partial charge in [0.1, 0.15) is 10.9 Å². The average Bonchev–Trinajstić information content (AvgIpc) is 3.11. The van der Waals surface area contributed by atoms with Crippen LogP contribution in [-0.4, -0.2) is 33.3 Å². The molecule has 1 amide bonds. The summed E-state index contributed by atoms with van der Waals surface area (Å²) in [6.07, 6.45) is 1.80. The monoisotopic (exact) mass is 505 g/mol. The molecule has 8 heteroatoms. The molecule has 0 radical (unpaired) electrons. The first kappa shape index (κ1) is 24.5. The van der Waals surface area contributed by atoms with Crippen LogP contribution in [0.25, 0.3) is 6.08 Å². The van der Waals surface area contributed by atoms with Gasteiger partial charge in [-0.1, -0.05) is 72.0 Å². The van der Waals surface area contributed by atoms with E-state index in [0.717, 1.165) is 22.3 Å².